The number of hydrogen-bond donors (Lipinski definition) is 3. The molecule has 0 aliphatic rings. The minimum atomic E-state index is -0.388. The van der Waals surface area contributed by atoms with Crippen molar-refractivity contribution >= 4 is 16.8 Å². The summed E-state index contributed by atoms with van der Waals surface area (Å²) >= 11 is 0. The van der Waals surface area contributed by atoms with Gasteiger partial charge in [0, 0.05) is 6.20 Å². The van der Waals surface area contributed by atoms with Gasteiger partial charge in [0.1, 0.15) is 0 Å². The van der Waals surface area contributed by atoms with Crippen molar-refractivity contribution in [2.24, 2.45) is 5.73 Å². The van der Waals surface area contributed by atoms with E-state index in [9.17, 15) is 0 Å². The lowest BCUT2D eigenvalue weighted by Gasteiger charge is -2.02. The number of hydrogen-bond acceptors (Lipinski definition) is 3. The van der Waals surface area contributed by atoms with E-state index < -0.39 is 0 Å². The monoisotopic (exact) mass is 216 g/mol. The van der Waals surface area contributed by atoms with Crippen molar-refractivity contribution in [3.63, 3.8) is 0 Å². The van der Waals surface area contributed by atoms with Crippen LogP contribution in [0.15, 0.2) is 30.5 Å². The van der Waals surface area contributed by atoms with Gasteiger partial charge in [-0.15, -0.1) is 0 Å². The van der Waals surface area contributed by atoms with Crippen molar-refractivity contribution in [1.29, 1.82) is 0 Å². The summed E-state index contributed by atoms with van der Waals surface area (Å²) in [6, 6.07) is 7.49. The van der Waals surface area contributed by atoms with Crippen LogP contribution in [0.3, 0.4) is 0 Å². The van der Waals surface area contributed by atoms with Gasteiger partial charge >= 0.3 is 0 Å². The Labute approximate surface area is 91.5 Å². The number of H-pyrrole nitrogens is 1. The van der Waals surface area contributed by atoms with Crippen LogP contribution in [-0.2, 0) is 0 Å². The fraction of sp³-hybridized carbons (Fsp3) is 0.182. The summed E-state index contributed by atoms with van der Waals surface area (Å²) in [5.74, 6) is 0.750. The number of rotatable bonds is 2. The number of nitrogens with two attached hydrogens (primary N) is 1. The Hall–Kier alpha value is -1.85. The summed E-state index contributed by atoms with van der Waals surface area (Å²) in [5, 5.41) is 8.99. The number of imidazole rings is 2. The van der Waals surface area contributed by atoms with E-state index in [4.69, 9.17) is 10.8 Å². The van der Waals surface area contributed by atoms with Gasteiger partial charge in [0.25, 0.3) is 0 Å². The van der Waals surface area contributed by atoms with Crippen LogP contribution >= 0.6 is 0 Å². The minimum Gasteiger partial charge on any atom is -0.394 e. The van der Waals surface area contributed by atoms with Crippen LogP contribution in [-0.4, -0.2) is 26.1 Å². The number of aromatic amines is 1. The number of para-hydroxylation sites is 2. The SMILES string of the molecule is NC(CO)c1cn2c(nc3ccccc32)[nH]1. The molecular formula is C11H12N4O. The molecule has 3 rings (SSSR count). The molecule has 0 spiro atoms. The van der Waals surface area contributed by atoms with E-state index in [0.29, 0.717) is 0 Å². The Kier molecular flexibility index (Phi) is 1.95. The molecule has 0 radical (unpaired) electrons. The number of benzene rings is 1. The lowest BCUT2D eigenvalue weighted by molar-refractivity contribution is 0.266. The molecular weight excluding hydrogens is 204 g/mol. The maximum absolute atomic E-state index is 8.99. The van der Waals surface area contributed by atoms with Crippen molar-refractivity contribution in [3.05, 3.63) is 36.2 Å². The third-order valence-electron chi connectivity index (χ3n) is 2.72. The fourth-order valence-electron chi connectivity index (χ4n) is 1.85. The highest BCUT2D eigenvalue weighted by Crippen LogP contribution is 2.18. The first-order valence-electron chi connectivity index (χ1n) is 5.12. The highest BCUT2D eigenvalue weighted by molar-refractivity contribution is 5.79. The predicted molar refractivity (Wildman–Crippen MR) is 61.1 cm³/mol. The zero-order valence-electron chi connectivity index (χ0n) is 8.59. The van der Waals surface area contributed by atoms with E-state index in [0.717, 1.165) is 22.5 Å². The third kappa shape index (κ3) is 1.22. The number of nitrogens with zero attached hydrogens (tertiary/aromatic N) is 2. The van der Waals surface area contributed by atoms with Crippen LogP contribution in [0.25, 0.3) is 16.8 Å². The van der Waals surface area contributed by atoms with Crippen molar-refractivity contribution in [2.75, 3.05) is 6.61 Å². The van der Waals surface area contributed by atoms with Gasteiger partial charge in [-0.3, -0.25) is 4.40 Å². The van der Waals surface area contributed by atoms with Gasteiger partial charge in [-0.2, -0.15) is 0 Å². The minimum absolute atomic E-state index is 0.0817. The van der Waals surface area contributed by atoms with Crippen molar-refractivity contribution in [3.8, 4) is 0 Å². The highest BCUT2D eigenvalue weighted by Gasteiger charge is 2.11. The predicted octanol–water partition coefficient (Wildman–Crippen LogP) is 0.808. The van der Waals surface area contributed by atoms with E-state index in [1.54, 1.807) is 0 Å². The average Bonchev–Trinajstić information content (AvgIpc) is 2.85. The van der Waals surface area contributed by atoms with Crippen molar-refractivity contribution in [2.45, 2.75) is 6.04 Å². The van der Waals surface area contributed by atoms with E-state index in [1.807, 2.05) is 34.9 Å². The second-order valence-corrected chi connectivity index (χ2v) is 3.79. The fourth-order valence-corrected chi connectivity index (χ4v) is 1.85. The molecule has 0 amide bonds. The van der Waals surface area contributed by atoms with E-state index in [-0.39, 0.29) is 12.6 Å². The Bertz CT molecular complexity index is 640. The molecule has 2 aromatic heterocycles. The first-order valence-corrected chi connectivity index (χ1v) is 5.12. The largest absolute Gasteiger partial charge is 0.394 e. The molecule has 0 saturated heterocycles. The summed E-state index contributed by atoms with van der Waals surface area (Å²) in [6.45, 7) is -0.0817. The Morgan fingerprint density at radius 1 is 1.44 bits per heavy atom. The van der Waals surface area contributed by atoms with E-state index >= 15 is 0 Å². The maximum atomic E-state index is 8.99. The molecule has 0 bridgehead atoms. The van der Waals surface area contributed by atoms with Crippen molar-refractivity contribution < 1.29 is 5.11 Å². The van der Waals surface area contributed by atoms with Gasteiger partial charge in [-0.1, -0.05) is 12.1 Å². The zero-order chi connectivity index (χ0) is 11.1. The molecule has 5 heteroatoms. The Balaban J connectivity index is 2.26. The topological polar surface area (TPSA) is 79.3 Å². The number of nitrogens with one attached hydrogen (secondary N) is 1. The van der Waals surface area contributed by atoms with Gasteiger partial charge in [-0.25, -0.2) is 4.98 Å². The molecule has 1 atom stereocenters. The van der Waals surface area contributed by atoms with Gasteiger partial charge in [0.2, 0.25) is 5.78 Å². The summed E-state index contributed by atoms with van der Waals surface area (Å²) < 4.78 is 1.94. The molecule has 5 nitrogen and oxygen atoms in total. The van der Waals surface area contributed by atoms with Gasteiger partial charge < -0.3 is 15.8 Å². The van der Waals surface area contributed by atoms with E-state index in [1.165, 1.54) is 0 Å². The average molecular weight is 216 g/mol. The molecule has 0 saturated carbocycles. The highest BCUT2D eigenvalue weighted by atomic mass is 16.3. The number of aromatic nitrogens is 3. The van der Waals surface area contributed by atoms with Gasteiger partial charge in [-0.05, 0) is 12.1 Å². The summed E-state index contributed by atoms with van der Waals surface area (Å²) in [7, 11) is 0. The molecule has 0 fully saturated rings. The van der Waals surface area contributed by atoms with Crippen LogP contribution < -0.4 is 5.73 Å². The zero-order valence-corrected chi connectivity index (χ0v) is 8.59. The normalized spacial score (nSPS) is 13.6. The number of fused-ring (bicyclic) bond motifs is 3. The lowest BCUT2D eigenvalue weighted by atomic mass is 10.2. The molecule has 1 unspecified atom stereocenters. The molecule has 1 aromatic carbocycles. The van der Waals surface area contributed by atoms with Gasteiger partial charge in [0.15, 0.2) is 0 Å². The van der Waals surface area contributed by atoms with Crippen LogP contribution in [0.1, 0.15) is 11.7 Å². The van der Waals surface area contributed by atoms with Crippen molar-refractivity contribution in [1.82, 2.24) is 14.4 Å². The van der Waals surface area contributed by atoms with Crippen LogP contribution in [0.4, 0.5) is 0 Å². The third-order valence-corrected chi connectivity index (χ3v) is 2.72. The second kappa shape index (κ2) is 3.33. The quantitative estimate of drug-likeness (QED) is 0.593. The molecule has 0 aliphatic carbocycles. The lowest BCUT2D eigenvalue weighted by Crippen LogP contribution is -2.14. The first-order chi connectivity index (χ1) is 7.79. The van der Waals surface area contributed by atoms with Crippen LogP contribution in [0.5, 0.6) is 0 Å². The standard InChI is InChI=1S/C11H12N4O/c12-7(6-16)9-5-15-10-4-2-1-3-8(10)13-11(15)14-9/h1-5,7,16H,6,12H2,(H,13,14). The van der Waals surface area contributed by atoms with E-state index in [2.05, 4.69) is 9.97 Å². The summed E-state index contributed by atoms with van der Waals surface area (Å²) in [6.07, 6.45) is 1.88. The molecule has 4 N–H and O–H groups in total. The molecule has 82 valence electrons. The second-order valence-electron chi connectivity index (χ2n) is 3.79. The number of aliphatic hydroxyl groups excluding tert-OH is 1. The Morgan fingerprint density at radius 2 is 2.25 bits per heavy atom. The van der Waals surface area contributed by atoms with Crippen LogP contribution in [0.2, 0.25) is 0 Å². The summed E-state index contributed by atoms with van der Waals surface area (Å²) in [4.78, 5) is 7.53. The molecule has 0 aliphatic heterocycles. The molecule has 3 aromatic rings. The Morgan fingerprint density at radius 3 is 3.06 bits per heavy atom. The summed E-state index contributed by atoms with van der Waals surface area (Å²) in [5.41, 5.74) is 8.50. The number of aliphatic hydroxyl groups is 1. The first kappa shape index (κ1) is 9.38. The van der Waals surface area contributed by atoms with Crippen LogP contribution in [0, 0.1) is 0 Å². The molecule has 16 heavy (non-hydrogen) atoms. The smallest absolute Gasteiger partial charge is 0.212 e. The molecule has 2 heterocycles. The van der Waals surface area contributed by atoms with Gasteiger partial charge in [0.05, 0.1) is 29.4 Å². The maximum Gasteiger partial charge on any atom is 0.212 e.